The summed E-state index contributed by atoms with van der Waals surface area (Å²) in [7, 11) is 5.50. The molecule has 1 nitrogen and oxygen atoms in total. The molecule has 0 saturated carbocycles. The van der Waals surface area contributed by atoms with E-state index in [1.54, 1.807) is 13.8 Å². The van der Waals surface area contributed by atoms with Crippen molar-refractivity contribution in [2.45, 2.75) is 13.8 Å². The fraction of sp³-hybridized carbons (Fsp3) is 0.300. The molecule has 13 heavy (non-hydrogen) atoms. The summed E-state index contributed by atoms with van der Waals surface area (Å²) in [6, 6.07) is 3.83. The Balaban J connectivity index is 3.09. The van der Waals surface area contributed by atoms with Crippen molar-refractivity contribution in [3.8, 4) is 0 Å². The Bertz CT molecular complexity index is 334. The maximum Gasteiger partial charge on any atom is 0.164 e. The third-order valence-electron chi connectivity index (χ3n) is 1.80. The topological polar surface area (TPSA) is 17.1 Å². The summed E-state index contributed by atoms with van der Waals surface area (Å²) in [6.07, 6.45) is 0. The normalized spacial score (nSPS) is 10.5. The van der Waals surface area contributed by atoms with Crippen LogP contribution in [0.3, 0.4) is 0 Å². The molecule has 1 aromatic rings. The maximum absolute atomic E-state index is 12.6. The van der Waals surface area contributed by atoms with E-state index < -0.39 is 5.82 Å². The molecule has 0 aliphatic rings. The minimum atomic E-state index is -0.419. The number of carbonyl (C=O) groups excluding carboxylic acids is 1. The average molecular weight is 176 g/mol. The second-order valence-corrected chi connectivity index (χ2v) is 3.25. The van der Waals surface area contributed by atoms with Crippen molar-refractivity contribution in [2.24, 2.45) is 5.92 Å². The van der Waals surface area contributed by atoms with E-state index in [4.69, 9.17) is 7.85 Å². The molecule has 2 radical (unpaired) electrons. The van der Waals surface area contributed by atoms with Gasteiger partial charge in [-0.25, -0.2) is 4.39 Å². The second-order valence-electron chi connectivity index (χ2n) is 3.25. The molecule has 0 aliphatic heterocycles. The van der Waals surface area contributed by atoms with Crippen molar-refractivity contribution in [2.75, 3.05) is 0 Å². The van der Waals surface area contributed by atoms with Crippen LogP contribution in [0.4, 0.5) is 4.39 Å². The second kappa shape index (κ2) is 3.73. The van der Waals surface area contributed by atoms with Gasteiger partial charge in [-0.05, 0) is 18.2 Å². The van der Waals surface area contributed by atoms with Crippen LogP contribution >= 0.6 is 0 Å². The van der Waals surface area contributed by atoms with E-state index in [0.717, 1.165) is 6.07 Å². The zero-order valence-corrected chi connectivity index (χ0v) is 7.67. The van der Waals surface area contributed by atoms with Crippen LogP contribution in [-0.2, 0) is 0 Å². The van der Waals surface area contributed by atoms with Gasteiger partial charge in [0.05, 0.1) is 0 Å². The molecule has 0 aliphatic carbocycles. The van der Waals surface area contributed by atoms with Crippen LogP contribution in [0.15, 0.2) is 18.2 Å². The van der Waals surface area contributed by atoms with Gasteiger partial charge in [-0.1, -0.05) is 19.3 Å². The van der Waals surface area contributed by atoms with Gasteiger partial charge in [-0.2, -0.15) is 0 Å². The van der Waals surface area contributed by atoms with E-state index >= 15 is 0 Å². The van der Waals surface area contributed by atoms with Gasteiger partial charge in [0.1, 0.15) is 13.7 Å². The van der Waals surface area contributed by atoms with Crippen LogP contribution < -0.4 is 5.46 Å². The number of rotatable bonds is 2. The molecule has 0 bridgehead atoms. The van der Waals surface area contributed by atoms with Crippen molar-refractivity contribution in [3.05, 3.63) is 29.6 Å². The number of carbonyl (C=O) groups is 1. The van der Waals surface area contributed by atoms with Crippen LogP contribution in [0.1, 0.15) is 24.2 Å². The lowest BCUT2D eigenvalue weighted by molar-refractivity contribution is 0.0940. The third kappa shape index (κ3) is 2.17. The standard InChI is InChI=1S/C10H10BFO/c1-6(2)10(13)8-4-3-7(12)5-9(8)11/h3-6H,1-2H3. The minimum absolute atomic E-state index is 0.0579. The Hall–Kier alpha value is -1.12. The fourth-order valence-corrected chi connectivity index (χ4v) is 1.07. The number of benzene rings is 1. The predicted octanol–water partition coefficient (Wildman–Crippen LogP) is 1.46. The van der Waals surface area contributed by atoms with E-state index in [2.05, 4.69) is 0 Å². The molecular weight excluding hydrogens is 166 g/mol. The highest BCUT2D eigenvalue weighted by Crippen LogP contribution is 2.06. The van der Waals surface area contributed by atoms with Gasteiger partial charge in [-0.15, -0.1) is 0 Å². The summed E-state index contributed by atoms with van der Waals surface area (Å²) in [5.74, 6) is -0.594. The summed E-state index contributed by atoms with van der Waals surface area (Å²) in [6.45, 7) is 3.57. The molecule has 0 fully saturated rings. The van der Waals surface area contributed by atoms with Gasteiger partial charge in [0, 0.05) is 11.5 Å². The highest BCUT2D eigenvalue weighted by atomic mass is 19.1. The molecule has 0 heterocycles. The summed E-state index contributed by atoms with van der Waals surface area (Å²) in [5.41, 5.74) is 0.607. The van der Waals surface area contributed by atoms with Crippen molar-refractivity contribution in [1.29, 1.82) is 0 Å². The monoisotopic (exact) mass is 176 g/mol. The minimum Gasteiger partial charge on any atom is -0.294 e. The molecule has 3 heteroatoms. The highest BCUT2D eigenvalue weighted by Gasteiger charge is 2.12. The van der Waals surface area contributed by atoms with Gasteiger partial charge in [-0.3, -0.25) is 4.79 Å². The largest absolute Gasteiger partial charge is 0.294 e. The predicted molar refractivity (Wildman–Crippen MR) is 51.0 cm³/mol. The average Bonchev–Trinajstić information content (AvgIpc) is 2.03. The molecule has 0 aromatic heterocycles. The molecule has 0 saturated heterocycles. The number of hydrogen-bond acceptors (Lipinski definition) is 1. The molecule has 66 valence electrons. The first kappa shape index (κ1) is 9.97. The number of ketones is 1. The lowest BCUT2D eigenvalue weighted by atomic mass is 9.86. The van der Waals surface area contributed by atoms with Crippen molar-refractivity contribution in [1.82, 2.24) is 0 Å². The van der Waals surface area contributed by atoms with Gasteiger partial charge < -0.3 is 0 Å². The molecular formula is C10H10BFO. The Morgan fingerprint density at radius 2 is 2.08 bits per heavy atom. The van der Waals surface area contributed by atoms with E-state index in [1.807, 2.05) is 0 Å². The van der Waals surface area contributed by atoms with Crippen LogP contribution in [-0.4, -0.2) is 13.6 Å². The summed E-state index contributed by atoms with van der Waals surface area (Å²) in [4.78, 5) is 11.5. The van der Waals surface area contributed by atoms with Crippen LogP contribution in [0.25, 0.3) is 0 Å². The van der Waals surface area contributed by atoms with Gasteiger partial charge >= 0.3 is 0 Å². The zero-order chi connectivity index (χ0) is 10.0. The van der Waals surface area contributed by atoms with E-state index in [-0.39, 0.29) is 17.2 Å². The Labute approximate surface area is 78.4 Å². The van der Waals surface area contributed by atoms with Crippen LogP contribution in [0, 0.1) is 11.7 Å². The Kier molecular flexibility index (Phi) is 2.86. The number of Topliss-reactive ketones (excluding diaryl/α,β-unsaturated/α-hetero) is 1. The first-order valence-electron chi connectivity index (χ1n) is 4.11. The van der Waals surface area contributed by atoms with Crippen LogP contribution in [0.5, 0.6) is 0 Å². The molecule has 0 amide bonds. The zero-order valence-electron chi connectivity index (χ0n) is 7.67. The van der Waals surface area contributed by atoms with Crippen molar-refractivity contribution < 1.29 is 9.18 Å². The molecule has 0 spiro atoms. The fourth-order valence-electron chi connectivity index (χ4n) is 1.07. The quantitative estimate of drug-likeness (QED) is 0.492. The summed E-state index contributed by atoms with van der Waals surface area (Å²) < 4.78 is 12.6. The van der Waals surface area contributed by atoms with Crippen molar-refractivity contribution in [3.63, 3.8) is 0 Å². The van der Waals surface area contributed by atoms with Crippen molar-refractivity contribution >= 4 is 19.1 Å². The smallest absolute Gasteiger partial charge is 0.164 e. The lowest BCUT2D eigenvalue weighted by Gasteiger charge is -2.07. The molecule has 0 N–H and O–H groups in total. The first-order chi connectivity index (χ1) is 6.02. The van der Waals surface area contributed by atoms with Gasteiger partial charge in [0.2, 0.25) is 0 Å². The summed E-state index contributed by atoms with van der Waals surface area (Å²) >= 11 is 0. The molecule has 1 rings (SSSR count). The summed E-state index contributed by atoms with van der Waals surface area (Å²) in [5, 5.41) is 0. The van der Waals surface area contributed by atoms with E-state index in [9.17, 15) is 9.18 Å². The Morgan fingerprint density at radius 3 is 2.54 bits per heavy atom. The van der Waals surface area contributed by atoms with Gasteiger partial charge in [0.15, 0.2) is 5.78 Å². The molecule has 0 unspecified atom stereocenters. The van der Waals surface area contributed by atoms with E-state index in [0.29, 0.717) is 5.56 Å². The molecule has 0 atom stereocenters. The van der Waals surface area contributed by atoms with Crippen LogP contribution in [0.2, 0.25) is 0 Å². The Morgan fingerprint density at radius 1 is 1.46 bits per heavy atom. The maximum atomic E-state index is 12.6. The van der Waals surface area contributed by atoms with E-state index in [1.165, 1.54) is 12.1 Å². The highest BCUT2D eigenvalue weighted by molar-refractivity contribution is 6.36. The number of hydrogen-bond donors (Lipinski definition) is 0. The molecule has 1 aromatic carbocycles. The third-order valence-corrected chi connectivity index (χ3v) is 1.80. The first-order valence-corrected chi connectivity index (χ1v) is 4.11. The lowest BCUT2D eigenvalue weighted by Crippen LogP contribution is -2.19. The SMILES string of the molecule is [B]c1cc(F)ccc1C(=O)C(C)C. The number of halogens is 1. The van der Waals surface area contributed by atoms with Gasteiger partial charge in [0.25, 0.3) is 0 Å².